The van der Waals surface area contributed by atoms with Crippen molar-refractivity contribution in [3.05, 3.63) is 218 Å². The first-order valence-electron chi connectivity index (χ1n) is 25.3. The standard InChI is InChI=1S/C65H64N4O.Pt/c1-42-43(2)45-20-19-44(42)21-22-47-26-31-51(30-25-45)68-41-67(40-61(47)68)52-17-14-18-53(36-52)70-54-32-33-55-56-35-50(64(6,7)8)29-34-59(56)69(60(55)37-54)62-38-58(65(9,10)49-15-12-11-13-16-49)57(39-66-62)46-23-27-48(28-24-46)63(3,4)5;/h11-20,23-24,26-29,31-40H,21-22,25,30H2,1-10H3;. The molecule has 5 nitrogen and oxygen atoms in total. The van der Waals surface area contributed by atoms with Crippen LogP contribution in [-0.2, 0) is 61.3 Å². The molecule has 14 rings (SSSR count). The van der Waals surface area contributed by atoms with Gasteiger partial charge in [-0.05, 0) is 38.6 Å². The average molecular weight is 1110 g/mol. The predicted molar refractivity (Wildman–Crippen MR) is 291 cm³/mol. The van der Waals surface area contributed by atoms with E-state index in [2.05, 4.69) is 260 Å². The van der Waals surface area contributed by atoms with Gasteiger partial charge in [-0.25, -0.2) is 0 Å². The molecule has 0 spiro atoms. The van der Waals surface area contributed by atoms with Crippen molar-refractivity contribution < 1.29 is 24.1 Å². The van der Waals surface area contributed by atoms with Crippen molar-refractivity contribution in [3.8, 4) is 34.1 Å². The van der Waals surface area contributed by atoms with Gasteiger partial charge < -0.3 is 0 Å². The molecule has 360 valence electrons. The van der Waals surface area contributed by atoms with Crippen LogP contribution in [0.3, 0.4) is 0 Å². The zero-order chi connectivity index (χ0) is 49.6. The molecule has 0 amide bonds. The molecule has 0 radical (unpaired) electrons. The molecule has 0 saturated carbocycles. The molecule has 4 aliphatic rings. The van der Waals surface area contributed by atoms with E-state index in [1.54, 1.807) is 0 Å². The van der Waals surface area contributed by atoms with Gasteiger partial charge in [0.15, 0.2) is 0 Å². The molecule has 0 saturated heterocycles. The number of nitrogens with zero attached hydrogens (tertiary/aromatic N) is 4. The molecule has 0 N–H and O–H groups in total. The Hall–Kier alpha value is -6.55. The number of aryl methyl sites for hydroxylation is 4. The average Bonchev–Trinajstić information content (AvgIpc) is 3.87. The van der Waals surface area contributed by atoms with E-state index in [1.807, 2.05) is 0 Å². The molecule has 10 aromatic rings. The summed E-state index contributed by atoms with van der Waals surface area (Å²) in [6.07, 6.45) is 8.42. The molecule has 6 heteroatoms. The molecule has 4 aromatic heterocycles. The fourth-order valence-electron chi connectivity index (χ4n) is 10.9. The number of hydrogen-bond acceptors (Lipinski definition) is 2. The quantitative estimate of drug-likeness (QED) is 0.159. The van der Waals surface area contributed by atoms with Crippen molar-refractivity contribution in [1.82, 2.24) is 18.5 Å². The van der Waals surface area contributed by atoms with Gasteiger partial charge >= 0.3 is 261 Å². The van der Waals surface area contributed by atoms with Crippen LogP contribution in [-0.4, -0.2) is 18.5 Å². The number of imidazole rings is 1. The molecule has 2 aliphatic carbocycles. The Morgan fingerprint density at radius 2 is 1.20 bits per heavy atom. The zero-order valence-electron chi connectivity index (χ0n) is 42.9. The third kappa shape index (κ3) is 8.44. The summed E-state index contributed by atoms with van der Waals surface area (Å²) in [5.74, 6) is 2.42. The Morgan fingerprint density at radius 3 is 1.92 bits per heavy atom. The molecule has 71 heavy (non-hydrogen) atoms. The third-order valence-electron chi connectivity index (χ3n) is 15.6. The maximum absolute atomic E-state index is 6.91. The Morgan fingerprint density at radius 1 is 0.535 bits per heavy atom. The minimum absolute atomic E-state index is 0.0182. The Kier molecular flexibility index (Phi) is 11.6. The van der Waals surface area contributed by atoms with Gasteiger partial charge in [0.2, 0.25) is 0 Å². The Labute approximate surface area is 430 Å². The molecule has 6 aromatic carbocycles. The number of ether oxygens (including phenoxy) is 1. The summed E-state index contributed by atoms with van der Waals surface area (Å²) >= 11 is 2.52. The van der Waals surface area contributed by atoms with E-state index in [1.165, 1.54) is 66.7 Å². The van der Waals surface area contributed by atoms with Crippen molar-refractivity contribution >= 4 is 27.3 Å². The summed E-state index contributed by atoms with van der Waals surface area (Å²) in [4.78, 5) is 5.37. The van der Waals surface area contributed by atoms with Crippen LogP contribution < -0.4 is 4.74 Å². The normalized spacial score (nSPS) is 13.4. The van der Waals surface area contributed by atoms with Gasteiger partial charge in [-0.15, -0.1) is 0 Å². The number of aromatic nitrogens is 4. The molecule has 0 unspecified atom stereocenters. The first kappa shape index (κ1) is 46.8. The first-order chi connectivity index (χ1) is 33.9. The van der Waals surface area contributed by atoms with Crippen LogP contribution in [0.15, 0.2) is 158 Å². The molecule has 0 fully saturated rings. The van der Waals surface area contributed by atoms with Crippen LogP contribution in [0, 0.1) is 17.7 Å². The fraction of sp³-hybridized carbons (Fsp3) is 0.262. The monoisotopic (exact) mass is 1110 g/mol. The van der Waals surface area contributed by atoms with E-state index in [4.69, 9.17) is 9.72 Å². The van der Waals surface area contributed by atoms with E-state index in [-0.39, 0.29) is 16.2 Å². The Balaban J connectivity index is 1.02. The van der Waals surface area contributed by atoms with Crippen LogP contribution in [0.2, 0.25) is 0 Å². The second-order valence-corrected chi connectivity index (χ2v) is 23.5. The summed E-state index contributed by atoms with van der Waals surface area (Å²) < 4.78 is 15.2. The van der Waals surface area contributed by atoms with Crippen molar-refractivity contribution in [1.29, 1.82) is 0 Å². The number of rotatable bonds is 7. The molecule has 2 aliphatic heterocycles. The number of pyridine rings is 2. The SMILES string of the molecule is Cc1c2ccc(c1C)CCc1ccc(c3cn(-c4cccc(Oc5ccc6c7cc(C(C)(C)C)ccc7n(-c7cc(C(C)(C)c8ccccc8)c(-c8ccc(C(C)(C)C)cc8)cn7)c6c5)c4)[c](=[Pt])n13)CC2. The fourth-order valence-corrected chi connectivity index (χ4v) is 12.0. The summed E-state index contributed by atoms with van der Waals surface area (Å²) in [7, 11) is 0. The van der Waals surface area contributed by atoms with Crippen molar-refractivity contribution in [2.45, 2.75) is 111 Å². The zero-order valence-corrected chi connectivity index (χ0v) is 45.1. The van der Waals surface area contributed by atoms with E-state index >= 15 is 0 Å². The van der Waals surface area contributed by atoms with Crippen molar-refractivity contribution in [2.75, 3.05) is 0 Å². The van der Waals surface area contributed by atoms with Gasteiger partial charge in [0.1, 0.15) is 0 Å². The van der Waals surface area contributed by atoms with Gasteiger partial charge in [-0.3, -0.25) is 0 Å². The van der Waals surface area contributed by atoms with Gasteiger partial charge in [0.25, 0.3) is 0 Å². The van der Waals surface area contributed by atoms with Crippen molar-refractivity contribution in [3.63, 3.8) is 0 Å². The van der Waals surface area contributed by atoms with E-state index in [0.717, 1.165) is 80.0 Å². The van der Waals surface area contributed by atoms with Crippen molar-refractivity contribution in [2.24, 2.45) is 0 Å². The summed E-state index contributed by atoms with van der Waals surface area (Å²) in [5, 5.41) is 2.36. The van der Waals surface area contributed by atoms with Gasteiger partial charge in [-0.2, -0.15) is 0 Å². The molecule has 0 atom stereocenters. The summed E-state index contributed by atoms with van der Waals surface area (Å²) in [5.41, 5.74) is 20.0. The molecular weight excluding hydrogens is 1050 g/mol. The third-order valence-corrected chi connectivity index (χ3v) is 16.6. The molecular formula is C65H64N4OPt. The van der Waals surface area contributed by atoms with E-state index in [9.17, 15) is 0 Å². The van der Waals surface area contributed by atoms with Crippen LogP contribution in [0.1, 0.15) is 111 Å². The molecule has 6 heterocycles. The molecule has 4 bridgehead atoms. The van der Waals surface area contributed by atoms with E-state index < -0.39 is 0 Å². The second-order valence-electron chi connectivity index (χ2n) is 22.4. The van der Waals surface area contributed by atoms with Crippen LogP contribution >= 0.6 is 0 Å². The topological polar surface area (TPSA) is 36.4 Å². The summed E-state index contributed by atoms with van der Waals surface area (Å²) in [6.45, 7) is 22.9. The Bertz CT molecular complexity index is 3760. The first-order valence-corrected chi connectivity index (χ1v) is 26.4. The van der Waals surface area contributed by atoms with E-state index in [0.29, 0.717) is 0 Å². The summed E-state index contributed by atoms with van der Waals surface area (Å²) in [6, 6.07) is 53.7. The number of fused-ring (bicyclic) bond motifs is 3. The van der Waals surface area contributed by atoms with Gasteiger partial charge in [0.05, 0.1) is 0 Å². The van der Waals surface area contributed by atoms with Crippen LogP contribution in [0.25, 0.3) is 50.0 Å². The predicted octanol–water partition coefficient (Wildman–Crippen LogP) is 16.2. The number of benzene rings is 6. The van der Waals surface area contributed by atoms with Crippen LogP contribution in [0.4, 0.5) is 0 Å². The number of hydrogen-bond donors (Lipinski definition) is 0. The van der Waals surface area contributed by atoms with Crippen LogP contribution in [0.5, 0.6) is 11.5 Å². The van der Waals surface area contributed by atoms with Gasteiger partial charge in [0, 0.05) is 17.2 Å². The maximum atomic E-state index is 6.91. The minimum atomic E-state index is -0.335. The second kappa shape index (κ2) is 17.6. The van der Waals surface area contributed by atoms with Gasteiger partial charge in [-0.1, -0.05) is 116 Å².